The molecule has 98 valence electrons. The highest BCUT2D eigenvalue weighted by molar-refractivity contribution is 5.70. The maximum absolute atomic E-state index is 10.9. The molecule has 0 atom stereocenters. The lowest BCUT2D eigenvalue weighted by molar-refractivity contribution is -0.142. The quantitative estimate of drug-likeness (QED) is 0.880. The highest BCUT2D eigenvalue weighted by Crippen LogP contribution is 2.21. The SMILES string of the molecule is CCCc1ccc(N2CCC(C(=O)O)CC2)nn1. The van der Waals surface area contributed by atoms with E-state index < -0.39 is 5.97 Å². The van der Waals surface area contributed by atoms with Gasteiger partial charge in [0, 0.05) is 13.1 Å². The molecule has 0 unspecified atom stereocenters. The standard InChI is InChI=1S/C13H19N3O2/c1-2-3-11-4-5-12(15-14-11)16-8-6-10(7-9-16)13(17)18/h4-5,10H,2-3,6-9H2,1H3,(H,17,18). The Morgan fingerprint density at radius 3 is 2.61 bits per heavy atom. The molecule has 1 aromatic rings. The van der Waals surface area contributed by atoms with Crippen molar-refractivity contribution in [1.29, 1.82) is 0 Å². The minimum absolute atomic E-state index is 0.200. The second-order valence-corrected chi connectivity index (χ2v) is 4.73. The zero-order chi connectivity index (χ0) is 13.0. The first-order chi connectivity index (χ1) is 8.70. The minimum atomic E-state index is -0.681. The van der Waals surface area contributed by atoms with Crippen LogP contribution in [0.5, 0.6) is 0 Å². The van der Waals surface area contributed by atoms with Crippen LogP contribution < -0.4 is 4.90 Å². The summed E-state index contributed by atoms with van der Waals surface area (Å²) in [6, 6.07) is 3.99. The molecule has 0 aliphatic carbocycles. The van der Waals surface area contributed by atoms with E-state index in [1.807, 2.05) is 12.1 Å². The van der Waals surface area contributed by atoms with Crippen LogP contribution in [-0.4, -0.2) is 34.4 Å². The molecule has 1 saturated heterocycles. The van der Waals surface area contributed by atoms with Gasteiger partial charge in [-0.3, -0.25) is 4.79 Å². The Kier molecular flexibility index (Phi) is 4.12. The molecule has 5 nitrogen and oxygen atoms in total. The Labute approximate surface area is 107 Å². The molecule has 1 aliphatic rings. The zero-order valence-electron chi connectivity index (χ0n) is 10.7. The van der Waals surface area contributed by atoms with Gasteiger partial charge in [-0.15, -0.1) is 5.10 Å². The van der Waals surface area contributed by atoms with Gasteiger partial charge in [-0.25, -0.2) is 0 Å². The molecule has 2 rings (SSSR count). The van der Waals surface area contributed by atoms with Crippen molar-refractivity contribution in [2.75, 3.05) is 18.0 Å². The predicted molar refractivity (Wildman–Crippen MR) is 68.6 cm³/mol. The fourth-order valence-corrected chi connectivity index (χ4v) is 2.27. The van der Waals surface area contributed by atoms with Crippen LogP contribution in [0.3, 0.4) is 0 Å². The number of carboxylic acids is 1. The number of carboxylic acid groups (broad SMARTS) is 1. The van der Waals surface area contributed by atoms with Gasteiger partial charge in [0.25, 0.3) is 0 Å². The summed E-state index contributed by atoms with van der Waals surface area (Å²) in [6.07, 6.45) is 3.40. The van der Waals surface area contributed by atoms with Gasteiger partial charge in [-0.05, 0) is 31.4 Å². The van der Waals surface area contributed by atoms with Crippen LogP contribution in [-0.2, 0) is 11.2 Å². The Hall–Kier alpha value is -1.65. The second-order valence-electron chi connectivity index (χ2n) is 4.73. The number of aryl methyl sites for hydroxylation is 1. The first-order valence-corrected chi connectivity index (χ1v) is 6.51. The molecule has 5 heteroatoms. The van der Waals surface area contributed by atoms with E-state index in [9.17, 15) is 4.79 Å². The molecule has 0 aromatic carbocycles. The number of anilines is 1. The number of piperidine rings is 1. The van der Waals surface area contributed by atoms with Crippen LogP contribution in [0.25, 0.3) is 0 Å². The van der Waals surface area contributed by atoms with Crippen LogP contribution in [0.2, 0.25) is 0 Å². The smallest absolute Gasteiger partial charge is 0.306 e. The lowest BCUT2D eigenvalue weighted by Gasteiger charge is -2.30. The first-order valence-electron chi connectivity index (χ1n) is 6.51. The van der Waals surface area contributed by atoms with Crippen LogP contribution in [0.4, 0.5) is 5.82 Å². The molecule has 0 radical (unpaired) electrons. The van der Waals surface area contributed by atoms with Crippen molar-refractivity contribution < 1.29 is 9.90 Å². The molecule has 2 heterocycles. The number of hydrogen-bond donors (Lipinski definition) is 1. The summed E-state index contributed by atoms with van der Waals surface area (Å²) in [4.78, 5) is 13.0. The largest absolute Gasteiger partial charge is 0.481 e. The van der Waals surface area contributed by atoms with Gasteiger partial charge in [-0.2, -0.15) is 5.10 Å². The number of nitrogens with zero attached hydrogens (tertiary/aromatic N) is 3. The van der Waals surface area contributed by atoms with Crippen molar-refractivity contribution in [2.24, 2.45) is 5.92 Å². The van der Waals surface area contributed by atoms with E-state index in [-0.39, 0.29) is 5.92 Å². The van der Waals surface area contributed by atoms with Gasteiger partial charge in [0.05, 0.1) is 11.6 Å². The first kappa shape index (κ1) is 12.8. The molecule has 0 bridgehead atoms. The van der Waals surface area contributed by atoms with Crippen molar-refractivity contribution in [3.63, 3.8) is 0 Å². The molecule has 0 saturated carbocycles. The second kappa shape index (κ2) is 5.80. The van der Waals surface area contributed by atoms with Crippen molar-refractivity contribution in [3.8, 4) is 0 Å². The number of hydrogen-bond acceptors (Lipinski definition) is 4. The lowest BCUT2D eigenvalue weighted by atomic mass is 9.97. The van der Waals surface area contributed by atoms with E-state index in [1.165, 1.54) is 0 Å². The summed E-state index contributed by atoms with van der Waals surface area (Å²) in [5.41, 5.74) is 1.02. The number of rotatable bonds is 4. The predicted octanol–water partition coefficient (Wildman–Crippen LogP) is 1.73. The van der Waals surface area contributed by atoms with E-state index >= 15 is 0 Å². The van der Waals surface area contributed by atoms with Crippen molar-refractivity contribution >= 4 is 11.8 Å². The highest BCUT2D eigenvalue weighted by Gasteiger charge is 2.25. The molecular weight excluding hydrogens is 230 g/mol. The van der Waals surface area contributed by atoms with Gasteiger partial charge >= 0.3 is 5.97 Å². The molecule has 1 N–H and O–H groups in total. The number of carbonyl (C=O) groups is 1. The Balaban J connectivity index is 1.95. The fraction of sp³-hybridized carbons (Fsp3) is 0.615. The maximum atomic E-state index is 10.9. The summed E-state index contributed by atoms with van der Waals surface area (Å²) in [5.74, 6) is -0.0220. The average molecular weight is 249 g/mol. The van der Waals surface area contributed by atoms with Gasteiger partial charge in [-0.1, -0.05) is 13.3 Å². The maximum Gasteiger partial charge on any atom is 0.306 e. The van der Waals surface area contributed by atoms with Gasteiger partial charge in [0.15, 0.2) is 5.82 Å². The summed E-state index contributed by atoms with van der Waals surface area (Å²) in [5, 5.41) is 17.4. The van der Waals surface area contributed by atoms with E-state index in [0.29, 0.717) is 12.8 Å². The van der Waals surface area contributed by atoms with E-state index in [0.717, 1.165) is 37.4 Å². The van der Waals surface area contributed by atoms with E-state index in [1.54, 1.807) is 0 Å². The average Bonchev–Trinajstić information content (AvgIpc) is 2.40. The number of aromatic nitrogens is 2. The van der Waals surface area contributed by atoms with Crippen LogP contribution >= 0.6 is 0 Å². The van der Waals surface area contributed by atoms with E-state index in [2.05, 4.69) is 22.0 Å². The van der Waals surface area contributed by atoms with Crippen molar-refractivity contribution in [2.45, 2.75) is 32.6 Å². The molecular formula is C13H19N3O2. The third-order valence-corrected chi connectivity index (χ3v) is 3.38. The summed E-state index contributed by atoms with van der Waals surface area (Å²) >= 11 is 0. The van der Waals surface area contributed by atoms with Crippen molar-refractivity contribution in [3.05, 3.63) is 17.8 Å². The van der Waals surface area contributed by atoms with E-state index in [4.69, 9.17) is 5.11 Å². The van der Waals surface area contributed by atoms with Crippen molar-refractivity contribution in [1.82, 2.24) is 10.2 Å². The Bertz CT molecular complexity index is 397. The summed E-state index contributed by atoms with van der Waals surface area (Å²) in [6.45, 7) is 3.61. The Morgan fingerprint density at radius 1 is 1.39 bits per heavy atom. The monoisotopic (exact) mass is 249 g/mol. The third kappa shape index (κ3) is 2.97. The summed E-state index contributed by atoms with van der Waals surface area (Å²) in [7, 11) is 0. The Morgan fingerprint density at radius 2 is 2.11 bits per heavy atom. The molecule has 18 heavy (non-hydrogen) atoms. The summed E-state index contributed by atoms with van der Waals surface area (Å²) < 4.78 is 0. The minimum Gasteiger partial charge on any atom is -0.481 e. The van der Waals surface area contributed by atoms with Gasteiger partial charge in [0.1, 0.15) is 0 Å². The van der Waals surface area contributed by atoms with Crippen LogP contribution in [0.15, 0.2) is 12.1 Å². The molecule has 1 aliphatic heterocycles. The molecule has 1 aromatic heterocycles. The van der Waals surface area contributed by atoms with Gasteiger partial charge in [0.2, 0.25) is 0 Å². The van der Waals surface area contributed by atoms with Crippen LogP contribution in [0, 0.1) is 5.92 Å². The molecule has 0 amide bonds. The van der Waals surface area contributed by atoms with Crippen LogP contribution in [0.1, 0.15) is 31.9 Å². The topological polar surface area (TPSA) is 66.3 Å². The molecule has 1 fully saturated rings. The van der Waals surface area contributed by atoms with Gasteiger partial charge < -0.3 is 10.0 Å². The lowest BCUT2D eigenvalue weighted by Crippen LogP contribution is -2.36. The highest BCUT2D eigenvalue weighted by atomic mass is 16.4. The zero-order valence-corrected chi connectivity index (χ0v) is 10.7. The number of aliphatic carboxylic acids is 1. The fourth-order valence-electron chi connectivity index (χ4n) is 2.27. The third-order valence-electron chi connectivity index (χ3n) is 3.38. The molecule has 0 spiro atoms. The normalized spacial score (nSPS) is 16.8.